The van der Waals surface area contributed by atoms with Gasteiger partial charge in [-0.2, -0.15) is 0 Å². The van der Waals surface area contributed by atoms with Crippen LogP contribution in [0.1, 0.15) is 78.7 Å². The maximum absolute atomic E-state index is 13.7. The first-order chi connectivity index (χ1) is 19.4. The van der Waals surface area contributed by atoms with Crippen molar-refractivity contribution in [3.63, 3.8) is 0 Å². The van der Waals surface area contributed by atoms with E-state index in [-0.39, 0.29) is 60.2 Å². The van der Waals surface area contributed by atoms with Crippen molar-refractivity contribution in [3.05, 3.63) is 46.3 Å². The lowest BCUT2D eigenvalue weighted by Gasteiger charge is -2.37. The van der Waals surface area contributed by atoms with Gasteiger partial charge in [-0.25, -0.2) is 4.98 Å². The predicted molar refractivity (Wildman–Crippen MR) is 162 cm³/mol. The zero-order chi connectivity index (χ0) is 30.1. The second-order valence-corrected chi connectivity index (χ2v) is 11.2. The number of benzene rings is 1. The average molecular weight is 602 g/mol. The van der Waals surface area contributed by atoms with E-state index in [0.29, 0.717) is 49.1 Å². The van der Waals surface area contributed by atoms with E-state index in [9.17, 15) is 14.4 Å². The first-order valence-electron chi connectivity index (χ1n) is 13.9. The number of esters is 1. The number of likely N-dealkylation sites (N-methyl/N-ethyl adjacent to an activating group) is 1. The Kier molecular flexibility index (Phi) is 10.1. The summed E-state index contributed by atoms with van der Waals surface area (Å²) in [4.78, 5) is 46.3. The van der Waals surface area contributed by atoms with E-state index in [1.165, 1.54) is 7.05 Å². The fourth-order valence-corrected chi connectivity index (χ4v) is 5.10. The largest absolute Gasteiger partial charge is 0.491 e. The molecule has 1 atom stereocenters. The van der Waals surface area contributed by atoms with Crippen LogP contribution >= 0.6 is 12.4 Å². The molecule has 2 aliphatic heterocycles. The Balaban J connectivity index is 0.00000484. The molecule has 12 heteroatoms. The topological polar surface area (TPSA) is 134 Å². The van der Waals surface area contributed by atoms with Gasteiger partial charge in [0, 0.05) is 37.3 Å². The van der Waals surface area contributed by atoms with Crippen LogP contribution in [0.3, 0.4) is 0 Å². The monoisotopic (exact) mass is 601 g/mol. The molecule has 2 aliphatic rings. The Labute approximate surface area is 252 Å². The van der Waals surface area contributed by atoms with Gasteiger partial charge in [-0.15, -0.1) is 12.4 Å². The molecule has 11 nitrogen and oxygen atoms in total. The third-order valence-corrected chi connectivity index (χ3v) is 7.12. The molecule has 0 radical (unpaired) electrons. The molecule has 3 heterocycles. The molecule has 1 unspecified atom stereocenters. The second-order valence-electron chi connectivity index (χ2n) is 11.2. The maximum Gasteiger partial charge on any atom is 0.309 e. The van der Waals surface area contributed by atoms with E-state index < -0.39 is 5.91 Å². The molecular weight excluding hydrogens is 562 g/mol. The summed E-state index contributed by atoms with van der Waals surface area (Å²) >= 11 is 0. The fraction of sp³-hybridized carbons (Fsp3) is 0.500. The number of nitrogens with zero attached hydrogens (tertiary/aromatic N) is 3. The predicted octanol–water partition coefficient (Wildman–Crippen LogP) is 3.73. The van der Waals surface area contributed by atoms with Crippen LogP contribution in [0.2, 0.25) is 0 Å². The summed E-state index contributed by atoms with van der Waals surface area (Å²) in [7, 11) is 3.43. The smallest absolute Gasteiger partial charge is 0.309 e. The zero-order valence-electron chi connectivity index (χ0n) is 25.3. The van der Waals surface area contributed by atoms with Gasteiger partial charge < -0.3 is 29.3 Å². The highest BCUT2D eigenvalue weighted by Gasteiger charge is 2.34. The number of fused-ring (bicyclic) bond motifs is 2. The minimum absolute atomic E-state index is 0. The van der Waals surface area contributed by atoms with Crippen molar-refractivity contribution >= 4 is 41.6 Å². The van der Waals surface area contributed by atoms with Crippen LogP contribution in [-0.4, -0.2) is 79.9 Å². The van der Waals surface area contributed by atoms with Crippen LogP contribution in [-0.2, 0) is 21.5 Å². The van der Waals surface area contributed by atoms with Gasteiger partial charge in [0.05, 0.1) is 38.4 Å². The molecule has 0 bridgehead atoms. The number of anilines is 1. The SMILES string of the molecule is CCOC(=O)CC1CN(C)c2cc(C(=O)CN3Cc4cc(OCC)c(C(=O)NC)nc4C3=N)cc(C(C)(C)C)c2O1.Cl. The molecule has 2 aromatic rings. The number of carbonyl (C=O) groups excluding carboxylic acids is 3. The molecule has 0 saturated carbocycles. The van der Waals surface area contributed by atoms with Gasteiger partial charge in [-0.1, -0.05) is 20.8 Å². The quantitative estimate of drug-likeness (QED) is 0.326. The lowest BCUT2D eigenvalue weighted by atomic mass is 9.83. The number of Topliss-reactive ketones (excluding diaryl/α,β-unsaturated/α-hetero) is 1. The highest BCUT2D eigenvalue weighted by atomic mass is 35.5. The molecule has 0 aliphatic carbocycles. The minimum atomic E-state index is -0.404. The van der Waals surface area contributed by atoms with E-state index in [1.807, 2.05) is 51.8 Å². The van der Waals surface area contributed by atoms with Gasteiger partial charge in [0.1, 0.15) is 23.4 Å². The van der Waals surface area contributed by atoms with Crippen LogP contribution < -0.4 is 19.7 Å². The summed E-state index contributed by atoms with van der Waals surface area (Å²) in [5.41, 5.74) is 2.99. The van der Waals surface area contributed by atoms with Gasteiger partial charge in [-0.05, 0) is 37.5 Å². The van der Waals surface area contributed by atoms with Gasteiger partial charge in [0.15, 0.2) is 17.2 Å². The lowest BCUT2D eigenvalue weighted by Crippen LogP contribution is -2.40. The van der Waals surface area contributed by atoms with E-state index in [0.717, 1.165) is 16.8 Å². The Morgan fingerprint density at radius 1 is 1.17 bits per heavy atom. The summed E-state index contributed by atoms with van der Waals surface area (Å²) in [5, 5.41) is 11.3. The van der Waals surface area contributed by atoms with Crippen molar-refractivity contribution in [1.82, 2.24) is 15.2 Å². The van der Waals surface area contributed by atoms with Gasteiger partial charge in [0.25, 0.3) is 5.91 Å². The number of carbonyl (C=O) groups is 3. The van der Waals surface area contributed by atoms with Gasteiger partial charge >= 0.3 is 5.97 Å². The van der Waals surface area contributed by atoms with E-state index >= 15 is 0 Å². The molecule has 4 rings (SSSR count). The van der Waals surface area contributed by atoms with Crippen molar-refractivity contribution in [3.8, 4) is 11.5 Å². The van der Waals surface area contributed by atoms with Crippen LogP contribution in [0.5, 0.6) is 11.5 Å². The first kappa shape index (κ1) is 32.7. The Morgan fingerprint density at radius 2 is 1.88 bits per heavy atom. The standard InChI is InChI=1S/C30H39N5O6.ClH/c1-8-39-23-12-18-14-35(28(31)25(18)33-26(23)29(38)32-6)16-22(36)17-10-20(30(3,4)5)27-21(11-17)34(7)15-19(41-27)13-24(37)40-9-2;/h10-12,19,31H,8-9,13-16H2,1-7H3,(H,32,38);1H. The summed E-state index contributed by atoms with van der Waals surface area (Å²) < 4.78 is 17.1. The first-order valence-corrected chi connectivity index (χ1v) is 13.9. The minimum Gasteiger partial charge on any atom is -0.491 e. The molecule has 0 spiro atoms. The van der Waals surface area contributed by atoms with Crippen LogP contribution in [0.25, 0.3) is 0 Å². The molecule has 1 aromatic carbocycles. The van der Waals surface area contributed by atoms with Crippen molar-refractivity contribution in [2.75, 3.05) is 45.3 Å². The van der Waals surface area contributed by atoms with Crippen LogP contribution in [0.15, 0.2) is 18.2 Å². The number of halogens is 1. The van der Waals surface area contributed by atoms with E-state index in [2.05, 4.69) is 10.3 Å². The molecular formula is C30H40ClN5O6. The van der Waals surface area contributed by atoms with Gasteiger partial charge in [0.2, 0.25) is 0 Å². The highest BCUT2D eigenvalue weighted by Crippen LogP contribution is 2.43. The number of amidine groups is 1. The number of aromatic nitrogens is 1. The van der Waals surface area contributed by atoms with Crippen molar-refractivity contribution in [1.29, 1.82) is 5.41 Å². The molecule has 228 valence electrons. The third-order valence-electron chi connectivity index (χ3n) is 7.12. The number of rotatable bonds is 9. The second kappa shape index (κ2) is 13.0. The Hall–Kier alpha value is -3.86. The number of nitrogens with one attached hydrogen (secondary N) is 2. The summed E-state index contributed by atoms with van der Waals surface area (Å²) in [5.74, 6) is 0.219. The third kappa shape index (κ3) is 6.61. The fourth-order valence-electron chi connectivity index (χ4n) is 5.10. The lowest BCUT2D eigenvalue weighted by molar-refractivity contribution is -0.144. The van der Waals surface area contributed by atoms with Crippen LogP contribution in [0, 0.1) is 5.41 Å². The van der Waals surface area contributed by atoms with Crippen molar-refractivity contribution < 1.29 is 28.6 Å². The molecule has 1 amide bonds. The highest BCUT2D eigenvalue weighted by molar-refractivity contribution is 6.06. The Bertz CT molecular complexity index is 1390. The number of hydrogen-bond acceptors (Lipinski definition) is 9. The zero-order valence-corrected chi connectivity index (χ0v) is 26.1. The molecule has 1 aromatic heterocycles. The molecule has 0 fully saturated rings. The summed E-state index contributed by atoms with van der Waals surface area (Å²) in [6.45, 7) is 11.2. The molecule has 0 saturated heterocycles. The van der Waals surface area contributed by atoms with E-state index in [1.54, 1.807) is 17.9 Å². The number of ketones is 1. The number of ether oxygens (including phenoxy) is 3. The van der Waals surface area contributed by atoms with E-state index in [4.69, 9.17) is 19.6 Å². The number of pyridine rings is 1. The Morgan fingerprint density at radius 3 is 2.50 bits per heavy atom. The normalized spacial score (nSPS) is 15.7. The molecule has 42 heavy (non-hydrogen) atoms. The number of amides is 1. The summed E-state index contributed by atoms with van der Waals surface area (Å²) in [6, 6.07) is 5.39. The summed E-state index contributed by atoms with van der Waals surface area (Å²) in [6.07, 6.45) is -0.230. The average Bonchev–Trinajstić information content (AvgIpc) is 3.20. The number of hydrogen-bond donors (Lipinski definition) is 2. The van der Waals surface area contributed by atoms with Crippen molar-refractivity contribution in [2.24, 2.45) is 0 Å². The van der Waals surface area contributed by atoms with Gasteiger partial charge in [-0.3, -0.25) is 19.8 Å². The van der Waals surface area contributed by atoms with Crippen molar-refractivity contribution in [2.45, 2.75) is 59.1 Å². The molecule has 2 N–H and O–H groups in total. The van der Waals surface area contributed by atoms with Crippen LogP contribution in [0.4, 0.5) is 5.69 Å². The maximum atomic E-state index is 13.7.